The SMILES string of the molecule is CCCNC(=O)C(=O)N/N=C\c1cccc(OCC(=O)Nc2cccc(OC)c2)c1. The third-order valence-electron chi connectivity index (χ3n) is 3.70. The fourth-order valence-corrected chi connectivity index (χ4v) is 2.27. The van der Waals surface area contributed by atoms with Gasteiger partial charge < -0.3 is 20.1 Å². The summed E-state index contributed by atoms with van der Waals surface area (Å²) in [5.41, 5.74) is 3.37. The molecule has 9 heteroatoms. The lowest BCUT2D eigenvalue weighted by atomic mass is 10.2. The summed E-state index contributed by atoms with van der Waals surface area (Å²) in [4.78, 5) is 35.1. The first-order valence-electron chi connectivity index (χ1n) is 9.29. The van der Waals surface area contributed by atoms with Crippen LogP contribution < -0.4 is 25.5 Å². The molecule has 0 aromatic heterocycles. The maximum absolute atomic E-state index is 12.1. The largest absolute Gasteiger partial charge is 0.497 e. The zero-order chi connectivity index (χ0) is 21.8. The van der Waals surface area contributed by atoms with Gasteiger partial charge >= 0.3 is 11.8 Å². The molecule has 0 bridgehead atoms. The highest BCUT2D eigenvalue weighted by atomic mass is 16.5. The van der Waals surface area contributed by atoms with Crippen LogP contribution in [0.2, 0.25) is 0 Å². The van der Waals surface area contributed by atoms with Gasteiger partial charge in [0.15, 0.2) is 6.61 Å². The second-order valence-electron chi connectivity index (χ2n) is 6.10. The van der Waals surface area contributed by atoms with Crippen molar-refractivity contribution < 1.29 is 23.9 Å². The highest BCUT2D eigenvalue weighted by Crippen LogP contribution is 2.17. The smallest absolute Gasteiger partial charge is 0.329 e. The summed E-state index contributed by atoms with van der Waals surface area (Å²) in [7, 11) is 1.55. The summed E-state index contributed by atoms with van der Waals surface area (Å²) in [6.45, 7) is 2.11. The number of nitrogens with one attached hydrogen (secondary N) is 3. The molecule has 0 aliphatic heterocycles. The van der Waals surface area contributed by atoms with Crippen molar-refractivity contribution >= 4 is 29.6 Å². The molecule has 0 heterocycles. The quantitative estimate of drug-likeness (QED) is 0.329. The molecule has 2 aromatic rings. The van der Waals surface area contributed by atoms with Gasteiger partial charge in [-0.1, -0.05) is 25.1 Å². The number of benzene rings is 2. The molecule has 0 saturated carbocycles. The topological polar surface area (TPSA) is 118 Å². The van der Waals surface area contributed by atoms with E-state index in [1.165, 1.54) is 6.21 Å². The first-order chi connectivity index (χ1) is 14.5. The van der Waals surface area contributed by atoms with E-state index in [0.29, 0.717) is 29.3 Å². The summed E-state index contributed by atoms with van der Waals surface area (Å²) >= 11 is 0. The zero-order valence-corrected chi connectivity index (χ0v) is 16.8. The molecule has 9 nitrogen and oxygen atoms in total. The fraction of sp³-hybridized carbons (Fsp3) is 0.238. The Labute approximate surface area is 174 Å². The minimum absolute atomic E-state index is 0.188. The number of rotatable bonds is 9. The number of hydrogen-bond donors (Lipinski definition) is 3. The van der Waals surface area contributed by atoms with Crippen LogP contribution in [0, 0.1) is 0 Å². The van der Waals surface area contributed by atoms with Gasteiger partial charge in [0.2, 0.25) is 0 Å². The van der Waals surface area contributed by atoms with Crippen molar-refractivity contribution in [3.05, 3.63) is 54.1 Å². The van der Waals surface area contributed by atoms with E-state index >= 15 is 0 Å². The van der Waals surface area contributed by atoms with Gasteiger partial charge in [0.05, 0.1) is 13.3 Å². The molecule has 3 N–H and O–H groups in total. The highest BCUT2D eigenvalue weighted by Gasteiger charge is 2.10. The Balaban J connectivity index is 1.84. The van der Waals surface area contributed by atoms with Crippen LogP contribution in [-0.2, 0) is 14.4 Å². The first-order valence-corrected chi connectivity index (χ1v) is 9.29. The van der Waals surface area contributed by atoms with E-state index in [4.69, 9.17) is 9.47 Å². The Morgan fingerprint density at radius 3 is 2.57 bits per heavy atom. The van der Waals surface area contributed by atoms with Crippen LogP contribution in [0.25, 0.3) is 0 Å². The second kappa shape index (κ2) is 11.8. The van der Waals surface area contributed by atoms with Crippen LogP contribution >= 0.6 is 0 Å². The number of carbonyl (C=O) groups excluding carboxylic acids is 3. The Kier molecular flexibility index (Phi) is 8.85. The predicted octanol–water partition coefficient (Wildman–Crippen LogP) is 1.69. The van der Waals surface area contributed by atoms with Crippen LogP contribution in [0.5, 0.6) is 11.5 Å². The van der Waals surface area contributed by atoms with Crippen molar-refractivity contribution in [3.8, 4) is 11.5 Å². The number of hydrogen-bond acceptors (Lipinski definition) is 6. The minimum Gasteiger partial charge on any atom is -0.497 e. The Morgan fingerprint density at radius 1 is 1.03 bits per heavy atom. The van der Waals surface area contributed by atoms with Crippen molar-refractivity contribution in [2.24, 2.45) is 5.10 Å². The van der Waals surface area contributed by atoms with Crippen LogP contribution in [0.15, 0.2) is 53.6 Å². The van der Waals surface area contributed by atoms with Crippen molar-refractivity contribution in [2.45, 2.75) is 13.3 Å². The maximum Gasteiger partial charge on any atom is 0.329 e. The molecule has 0 aliphatic rings. The van der Waals surface area contributed by atoms with Crippen LogP contribution in [0.1, 0.15) is 18.9 Å². The molecule has 0 radical (unpaired) electrons. The van der Waals surface area contributed by atoms with E-state index in [9.17, 15) is 14.4 Å². The average Bonchev–Trinajstić information content (AvgIpc) is 2.76. The highest BCUT2D eigenvalue weighted by molar-refractivity contribution is 6.35. The van der Waals surface area contributed by atoms with E-state index in [-0.39, 0.29) is 12.5 Å². The molecule has 3 amide bonds. The summed E-state index contributed by atoms with van der Waals surface area (Å²) in [5, 5.41) is 8.92. The summed E-state index contributed by atoms with van der Waals surface area (Å²) in [6.07, 6.45) is 2.10. The molecule has 2 aromatic carbocycles. The molecule has 0 fully saturated rings. The lowest BCUT2D eigenvalue weighted by molar-refractivity contribution is -0.139. The van der Waals surface area contributed by atoms with E-state index in [0.717, 1.165) is 6.42 Å². The third-order valence-corrected chi connectivity index (χ3v) is 3.70. The molecule has 30 heavy (non-hydrogen) atoms. The summed E-state index contributed by atoms with van der Waals surface area (Å²) < 4.78 is 10.6. The molecule has 0 aliphatic carbocycles. The number of nitrogens with zero attached hydrogens (tertiary/aromatic N) is 1. The van der Waals surface area contributed by atoms with Crippen molar-refractivity contribution in [1.82, 2.24) is 10.7 Å². The molecular formula is C21H24N4O5. The number of anilines is 1. The minimum atomic E-state index is -0.846. The van der Waals surface area contributed by atoms with E-state index < -0.39 is 11.8 Å². The lowest BCUT2D eigenvalue weighted by Crippen LogP contribution is -2.38. The van der Waals surface area contributed by atoms with Crippen LogP contribution in [-0.4, -0.2) is 44.2 Å². The second-order valence-corrected chi connectivity index (χ2v) is 6.10. The monoisotopic (exact) mass is 412 g/mol. The van der Waals surface area contributed by atoms with Gasteiger partial charge in [0.1, 0.15) is 11.5 Å². The molecule has 0 spiro atoms. The van der Waals surface area contributed by atoms with Gasteiger partial charge in [-0.15, -0.1) is 0 Å². The van der Waals surface area contributed by atoms with E-state index in [2.05, 4.69) is 21.2 Å². The van der Waals surface area contributed by atoms with Gasteiger partial charge in [0, 0.05) is 18.3 Å². The average molecular weight is 412 g/mol. The third kappa shape index (κ3) is 7.63. The Hall–Kier alpha value is -3.88. The number of hydrazone groups is 1. The van der Waals surface area contributed by atoms with Gasteiger partial charge in [0.25, 0.3) is 5.91 Å². The number of ether oxygens (including phenoxy) is 2. The van der Waals surface area contributed by atoms with Crippen molar-refractivity contribution in [3.63, 3.8) is 0 Å². The van der Waals surface area contributed by atoms with E-state index in [1.807, 2.05) is 6.92 Å². The molecule has 158 valence electrons. The molecular weight excluding hydrogens is 388 g/mol. The van der Waals surface area contributed by atoms with Gasteiger partial charge in [-0.25, -0.2) is 5.43 Å². The number of methoxy groups -OCH3 is 1. The summed E-state index contributed by atoms with van der Waals surface area (Å²) in [6, 6.07) is 13.8. The Morgan fingerprint density at radius 2 is 1.80 bits per heavy atom. The first kappa shape index (κ1) is 22.4. The summed E-state index contributed by atoms with van der Waals surface area (Å²) in [5.74, 6) is -0.829. The van der Waals surface area contributed by atoms with Gasteiger partial charge in [-0.05, 0) is 36.2 Å². The van der Waals surface area contributed by atoms with Crippen LogP contribution in [0.4, 0.5) is 5.69 Å². The fourth-order valence-electron chi connectivity index (χ4n) is 2.27. The molecule has 0 saturated heterocycles. The van der Waals surface area contributed by atoms with Gasteiger partial charge in [-0.2, -0.15) is 5.10 Å². The standard InChI is InChI=1S/C21H24N4O5/c1-3-10-22-20(27)21(28)25-23-13-15-6-4-9-18(11-15)30-14-19(26)24-16-7-5-8-17(12-16)29-2/h4-9,11-13H,3,10,14H2,1-2H3,(H,22,27)(H,24,26)(H,25,28)/b23-13-. The normalized spacial score (nSPS) is 10.3. The predicted molar refractivity (Wildman–Crippen MR) is 113 cm³/mol. The maximum atomic E-state index is 12.1. The van der Waals surface area contributed by atoms with Crippen molar-refractivity contribution in [2.75, 3.05) is 25.6 Å². The lowest BCUT2D eigenvalue weighted by Gasteiger charge is -2.09. The zero-order valence-electron chi connectivity index (χ0n) is 16.8. The van der Waals surface area contributed by atoms with E-state index in [1.54, 1.807) is 55.6 Å². The molecule has 0 unspecified atom stereocenters. The van der Waals surface area contributed by atoms with Gasteiger partial charge in [-0.3, -0.25) is 14.4 Å². The Bertz CT molecular complexity index is 914. The molecule has 2 rings (SSSR count). The van der Waals surface area contributed by atoms with Crippen molar-refractivity contribution in [1.29, 1.82) is 0 Å². The number of amides is 3. The number of carbonyl (C=O) groups is 3. The van der Waals surface area contributed by atoms with Crippen LogP contribution in [0.3, 0.4) is 0 Å². The molecule has 0 atom stereocenters.